The molecule has 2 aromatic rings. The number of aromatic hydroxyl groups is 1. The molecule has 1 saturated carbocycles. The van der Waals surface area contributed by atoms with Gasteiger partial charge in [-0.05, 0) is 86.3 Å². The normalized spacial score (nSPS) is 26.2. The second kappa shape index (κ2) is 14.0. The molecule has 0 bridgehead atoms. The van der Waals surface area contributed by atoms with Crippen LogP contribution in [0.5, 0.6) is 11.5 Å². The van der Waals surface area contributed by atoms with Crippen molar-refractivity contribution in [1.82, 2.24) is 0 Å². The van der Waals surface area contributed by atoms with Crippen molar-refractivity contribution >= 4 is 23.1 Å². The Morgan fingerprint density at radius 3 is 2.32 bits per heavy atom. The standard InChI is InChI=1S/C41H52O9/c1-8-9-18-50-19-12-10-11-13-25-14-17-30(49-7)27(20-25)26-15-16-29(43)32-28(26)21-39(5)22-40(6)33(23(2)3)35(44)31(24(4)42)37(46)41(40,48)38(47)34(39)36(32)45/h14-17,20,23,33,43,45-46,48H,8-13,18-19,21-22H2,1-7H3/t33?,39-,40-,41+/m1/s1. The number of rotatable bonds is 13. The molecule has 0 radical (unpaired) electrons. The van der Waals surface area contributed by atoms with Gasteiger partial charge in [0.2, 0.25) is 5.78 Å². The Morgan fingerprint density at radius 2 is 1.68 bits per heavy atom. The van der Waals surface area contributed by atoms with Crippen molar-refractivity contribution < 1.29 is 44.3 Å². The van der Waals surface area contributed by atoms with Gasteiger partial charge in [-0.2, -0.15) is 0 Å². The van der Waals surface area contributed by atoms with Gasteiger partial charge in [-0.25, -0.2) is 0 Å². The molecular weight excluding hydrogens is 636 g/mol. The zero-order valence-corrected chi connectivity index (χ0v) is 30.4. The van der Waals surface area contributed by atoms with Gasteiger partial charge in [-0.15, -0.1) is 0 Å². The van der Waals surface area contributed by atoms with Gasteiger partial charge in [-0.3, -0.25) is 14.4 Å². The maximum absolute atomic E-state index is 14.6. The lowest BCUT2D eigenvalue weighted by molar-refractivity contribution is -0.178. The highest BCUT2D eigenvalue weighted by Gasteiger charge is 2.72. The van der Waals surface area contributed by atoms with Crippen LogP contribution in [-0.2, 0) is 32.0 Å². The zero-order chi connectivity index (χ0) is 36.8. The van der Waals surface area contributed by atoms with Gasteiger partial charge >= 0.3 is 0 Å². The lowest BCUT2D eigenvalue weighted by atomic mass is 9.43. The van der Waals surface area contributed by atoms with E-state index in [-0.39, 0.29) is 29.7 Å². The first kappa shape index (κ1) is 37.3. The average Bonchev–Trinajstić information content (AvgIpc) is 3.03. The Labute approximate surface area is 295 Å². The minimum atomic E-state index is -2.65. The molecule has 3 aliphatic carbocycles. The predicted octanol–water partition coefficient (Wildman–Crippen LogP) is 7.40. The van der Waals surface area contributed by atoms with E-state index in [4.69, 9.17) is 9.47 Å². The van der Waals surface area contributed by atoms with Crippen molar-refractivity contribution in [3.8, 4) is 22.6 Å². The predicted molar refractivity (Wildman–Crippen MR) is 191 cm³/mol. The van der Waals surface area contributed by atoms with Crippen molar-refractivity contribution in [3.63, 3.8) is 0 Å². The van der Waals surface area contributed by atoms with E-state index in [1.165, 1.54) is 6.07 Å². The van der Waals surface area contributed by atoms with Crippen molar-refractivity contribution in [2.75, 3.05) is 20.3 Å². The highest BCUT2D eigenvalue weighted by molar-refractivity contribution is 6.24. The number of fused-ring (bicyclic) bond motifs is 3. The number of unbranched alkanes of at least 4 members (excludes halogenated alkanes) is 3. The van der Waals surface area contributed by atoms with Crippen LogP contribution in [0.25, 0.3) is 16.9 Å². The summed E-state index contributed by atoms with van der Waals surface area (Å²) in [6, 6.07) is 9.25. The molecule has 0 aromatic heterocycles. The number of carbonyl (C=O) groups excluding carboxylic acids is 3. The zero-order valence-electron chi connectivity index (χ0n) is 30.4. The summed E-state index contributed by atoms with van der Waals surface area (Å²) in [5.41, 5.74) is -2.78. The van der Waals surface area contributed by atoms with E-state index in [9.17, 15) is 34.8 Å². The van der Waals surface area contributed by atoms with Gasteiger partial charge in [0.25, 0.3) is 0 Å². The first-order chi connectivity index (χ1) is 23.6. The molecule has 0 spiro atoms. The van der Waals surface area contributed by atoms with E-state index in [1.807, 2.05) is 12.1 Å². The third kappa shape index (κ3) is 5.86. The largest absolute Gasteiger partial charge is 0.508 e. The van der Waals surface area contributed by atoms with E-state index >= 15 is 0 Å². The average molecular weight is 689 g/mol. The molecule has 2 aromatic carbocycles. The summed E-state index contributed by atoms with van der Waals surface area (Å²) in [6.45, 7) is 11.8. The number of ether oxygens (including phenoxy) is 2. The number of benzene rings is 2. The molecule has 1 fully saturated rings. The Morgan fingerprint density at radius 1 is 0.980 bits per heavy atom. The Bertz CT molecular complexity index is 1770. The Kier molecular flexibility index (Phi) is 10.4. The smallest absolute Gasteiger partial charge is 0.203 e. The second-order valence-corrected chi connectivity index (χ2v) is 15.3. The highest BCUT2D eigenvalue weighted by atomic mass is 16.5. The number of aliphatic hydroxyl groups is 3. The lowest BCUT2D eigenvalue weighted by Crippen LogP contribution is -2.69. The fourth-order valence-electron chi connectivity index (χ4n) is 9.15. The minimum Gasteiger partial charge on any atom is -0.508 e. The molecule has 4 N–H and O–H groups in total. The SMILES string of the molecule is CCCCOCCCCCc1ccc(OC)c(-c2ccc(O)c3c2C[C@]2(C)C[C@]4(C)C(C(C)C)C(=O)C(C(C)=O)=C(O)[C@]4(O)C(=O)C2=C3O)c1. The third-order valence-electron chi connectivity index (χ3n) is 11.3. The molecule has 9 heteroatoms. The van der Waals surface area contributed by atoms with Gasteiger partial charge in [-0.1, -0.05) is 59.6 Å². The number of hydrogen-bond acceptors (Lipinski definition) is 9. The number of hydrogen-bond donors (Lipinski definition) is 4. The van der Waals surface area contributed by atoms with Crippen LogP contribution < -0.4 is 4.74 Å². The number of carbonyl (C=O) groups is 3. The molecule has 0 heterocycles. The van der Waals surface area contributed by atoms with Crippen LogP contribution in [0.1, 0.15) is 96.8 Å². The fraction of sp³-hybridized carbons (Fsp3) is 0.537. The van der Waals surface area contributed by atoms with Crippen LogP contribution in [0.15, 0.2) is 47.2 Å². The highest BCUT2D eigenvalue weighted by Crippen LogP contribution is 2.65. The van der Waals surface area contributed by atoms with Crippen LogP contribution >= 0.6 is 0 Å². The van der Waals surface area contributed by atoms with Crippen molar-refractivity contribution in [2.24, 2.45) is 22.7 Å². The number of aryl methyl sites for hydroxylation is 1. The first-order valence-electron chi connectivity index (χ1n) is 17.9. The summed E-state index contributed by atoms with van der Waals surface area (Å²) < 4.78 is 11.5. The molecule has 9 nitrogen and oxygen atoms in total. The Balaban J connectivity index is 1.60. The maximum atomic E-state index is 14.6. The molecule has 3 aliphatic rings. The van der Waals surface area contributed by atoms with E-state index in [1.54, 1.807) is 40.9 Å². The van der Waals surface area contributed by atoms with E-state index < -0.39 is 62.7 Å². The van der Waals surface area contributed by atoms with Gasteiger partial charge in [0.15, 0.2) is 17.2 Å². The summed E-state index contributed by atoms with van der Waals surface area (Å²) in [4.78, 5) is 41.1. The van der Waals surface area contributed by atoms with Gasteiger partial charge in [0.05, 0.1) is 12.7 Å². The van der Waals surface area contributed by atoms with Gasteiger partial charge < -0.3 is 29.9 Å². The van der Waals surface area contributed by atoms with Crippen molar-refractivity contribution in [2.45, 2.75) is 98.5 Å². The molecule has 5 rings (SSSR count). The topological polar surface area (TPSA) is 151 Å². The number of phenolic OH excluding ortho intramolecular Hbond substituents is 1. The summed E-state index contributed by atoms with van der Waals surface area (Å²) in [5.74, 6) is -4.83. The molecule has 0 aliphatic heterocycles. The van der Waals surface area contributed by atoms with E-state index in [0.29, 0.717) is 16.9 Å². The lowest BCUT2D eigenvalue weighted by Gasteiger charge is -2.59. The van der Waals surface area contributed by atoms with E-state index in [2.05, 4.69) is 13.0 Å². The fourth-order valence-corrected chi connectivity index (χ4v) is 9.15. The molecule has 0 saturated heterocycles. The van der Waals surface area contributed by atoms with Crippen LogP contribution in [0.3, 0.4) is 0 Å². The number of Topliss-reactive ketones (excluding diaryl/α,β-unsaturated/α-hetero) is 3. The summed E-state index contributed by atoms with van der Waals surface area (Å²) in [7, 11) is 1.59. The van der Waals surface area contributed by atoms with Crippen LogP contribution in [0.4, 0.5) is 0 Å². The molecular formula is C41H52O9. The van der Waals surface area contributed by atoms with Crippen molar-refractivity contribution in [1.29, 1.82) is 0 Å². The van der Waals surface area contributed by atoms with Gasteiger partial charge in [0.1, 0.15) is 28.6 Å². The number of allylic oxidation sites excluding steroid dienone is 1. The maximum Gasteiger partial charge on any atom is 0.203 e. The monoisotopic (exact) mass is 688 g/mol. The minimum absolute atomic E-state index is 0.0271. The summed E-state index contributed by atoms with van der Waals surface area (Å²) >= 11 is 0. The number of phenols is 1. The van der Waals surface area contributed by atoms with Crippen LogP contribution in [0, 0.1) is 22.7 Å². The van der Waals surface area contributed by atoms with Gasteiger partial charge in [0, 0.05) is 41.1 Å². The Hall–Kier alpha value is -3.95. The number of methoxy groups -OCH3 is 1. The molecule has 50 heavy (non-hydrogen) atoms. The molecule has 1 unspecified atom stereocenters. The molecule has 270 valence electrons. The van der Waals surface area contributed by atoms with E-state index in [0.717, 1.165) is 69.8 Å². The number of ketones is 3. The molecule has 4 atom stereocenters. The second-order valence-electron chi connectivity index (χ2n) is 15.3. The third-order valence-corrected chi connectivity index (χ3v) is 11.3. The van der Waals surface area contributed by atoms with Crippen LogP contribution in [0.2, 0.25) is 0 Å². The van der Waals surface area contributed by atoms with Crippen molar-refractivity contribution in [3.05, 3.63) is 63.9 Å². The number of aliphatic hydroxyl groups excluding tert-OH is 2. The summed E-state index contributed by atoms with van der Waals surface area (Å²) in [6.07, 6.45) is 6.23. The quantitative estimate of drug-likeness (QED) is 0.125. The summed E-state index contributed by atoms with van der Waals surface area (Å²) in [5, 5.41) is 46.9. The van der Waals surface area contributed by atoms with Crippen LogP contribution in [-0.4, -0.2) is 63.7 Å². The molecule has 0 amide bonds. The first-order valence-corrected chi connectivity index (χ1v) is 17.9.